The number of carbonyl (C=O) groups is 1. The van der Waals surface area contributed by atoms with Gasteiger partial charge in [-0.25, -0.2) is 4.39 Å². The van der Waals surface area contributed by atoms with E-state index in [0.717, 1.165) is 6.42 Å². The van der Waals surface area contributed by atoms with Gasteiger partial charge in [-0.3, -0.25) is 4.79 Å². The van der Waals surface area contributed by atoms with Gasteiger partial charge in [-0.05, 0) is 6.42 Å². The zero-order chi connectivity index (χ0) is 6.85. The average molecular weight is 131 g/mol. The minimum absolute atomic E-state index is 0.0856. The first kappa shape index (κ1) is 6.52. The standard InChI is InChI=1S/C6H10FNO/c1-2-4-3-8-6(9)5(4)7/h4-5H,2-3H2,1H3,(H,8,9). The summed E-state index contributed by atoms with van der Waals surface area (Å²) in [5.74, 6) is -0.528. The van der Waals surface area contributed by atoms with Crippen LogP contribution in [-0.2, 0) is 4.79 Å². The first-order chi connectivity index (χ1) is 4.25. The summed E-state index contributed by atoms with van der Waals surface area (Å²) >= 11 is 0. The maximum atomic E-state index is 12.6. The van der Waals surface area contributed by atoms with Gasteiger partial charge in [0.15, 0.2) is 6.17 Å². The van der Waals surface area contributed by atoms with E-state index in [9.17, 15) is 9.18 Å². The van der Waals surface area contributed by atoms with E-state index in [1.54, 1.807) is 0 Å². The van der Waals surface area contributed by atoms with Crippen molar-refractivity contribution in [2.45, 2.75) is 19.5 Å². The van der Waals surface area contributed by atoms with Gasteiger partial charge in [0.2, 0.25) is 0 Å². The first-order valence-electron chi connectivity index (χ1n) is 3.17. The van der Waals surface area contributed by atoms with Crippen LogP contribution < -0.4 is 5.32 Å². The maximum Gasteiger partial charge on any atom is 0.254 e. The van der Waals surface area contributed by atoms with Crippen LogP contribution in [0.3, 0.4) is 0 Å². The lowest BCUT2D eigenvalue weighted by Crippen LogP contribution is -2.20. The van der Waals surface area contributed by atoms with Crippen LogP contribution in [0.4, 0.5) is 4.39 Å². The maximum absolute atomic E-state index is 12.6. The minimum Gasteiger partial charge on any atom is -0.353 e. The van der Waals surface area contributed by atoms with Crippen molar-refractivity contribution >= 4 is 5.91 Å². The van der Waals surface area contributed by atoms with Gasteiger partial charge in [0, 0.05) is 12.5 Å². The average Bonchev–Trinajstić information content (AvgIpc) is 2.15. The van der Waals surface area contributed by atoms with Gasteiger partial charge in [-0.2, -0.15) is 0 Å². The summed E-state index contributed by atoms with van der Waals surface area (Å²) in [7, 11) is 0. The van der Waals surface area contributed by atoms with E-state index in [1.807, 2.05) is 6.92 Å². The fraction of sp³-hybridized carbons (Fsp3) is 0.833. The SMILES string of the molecule is CCC1CNC(=O)C1F. The zero-order valence-electron chi connectivity index (χ0n) is 5.36. The molecule has 2 unspecified atom stereocenters. The molecule has 0 saturated carbocycles. The normalized spacial score (nSPS) is 34.7. The first-order valence-corrected chi connectivity index (χ1v) is 3.17. The van der Waals surface area contributed by atoms with Crippen molar-refractivity contribution in [1.82, 2.24) is 5.32 Å². The van der Waals surface area contributed by atoms with Crippen molar-refractivity contribution in [1.29, 1.82) is 0 Å². The molecule has 1 aliphatic rings. The van der Waals surface area contributed by atoms with E-state index in [1.165, 1.54) is 0 Å². The number of nitrogens with one attached hydrogen (secondary N) is 1. The third-order valence-electron chi connectivity index (χ3n) is 1.73. The van der Waals surface area contributed by atoms with Gasteiger partial charge in [0.1, 0.15) is 0 Å². The van der Waals surface area contributed by atoms with Crippen LogP contribution in [0, 0.1) is 5.92 Å². The topological polar surface area (TPSA) is 29.1 Å². The lowest BCUT2D eigenvalue weighted by atomic mass is 10.1. The van der Waals surface area contributed by atoms with Gasteiger partial charge < -0.3 is 5.32 Å². The highest BCUT2D eigenvalue weighted by molar-refractivity contribution is 5.83. The number of rotatable bonds is 1. The minimum atomic E-state index is -1.25. The summed E-state index contributed by atoms with van der Waals surface area (Å²) in [5.41, 5.74) is 0. The van der Waals surface area contributed by atoms with Crippen LogP contribution in [0.1, 0.15) is 13.3 Å². The molecule has 0 aromatic rings. The zero-order valence-corrected chi connectivity index (χ0v) is 5.36. The third-order valence-corrected chi connectivity index (χ3v) is 1.73. The Bertz CT molecular complexity index is 126. The van der Waals surface area contributed by atoms with E-state index < -0.39 is 12.1 Å². The van der Waals surface area contributed by atoms with Crippen LogP contribution in [-0.4, -0.2) is 18.6 Å². The molecular formula is C6H10FNO. The molecule has 2 atom stereocenters. The van der Waals surface area contributed by atoms with E-state index >= 15 is 0 Å². The lowest BCUT2D eigenvalue weighted by molar-refractivity contribution is -0.123. The highest BCUT2D eigenvalue weighted by atomic mass is 19.1. The number of hydrogen-bond donors (Lipinski definition) is 1. The second-order valence-electron chi connectivity index (χ2n) is 2.32. The smallest absolute Gasteiger partial charge is 0.254 e. The van der Waals surface area contributed by atoms with Crippen molar-refractivity contribution in [2.24, 2.45) is 5.92 Å². The van der Waals surface area contributed by atoms with E-state index in [2.05, 4.69) is 5.32 Å². The predicted octanol–water partition coefficient (Wildman–Crippen LogP) is 0.480. The van der Waals surface area contributed by atoms with E-state index in [-0.39, 0.29) is 5.92 Å². The molecule has 3 heteroatoms. The molecule has 1 N–H and O–H groups in total. The Morgan fingerprint density at radius 1 is 1.89 bits per heavy atom. The van der Waals surface area contributed by atoms with Gasteiger partial charge >= 0.3 is 0 Å². The number of alkyl halides is 1. The molecule has 52 valence electrons. The predicted molar refractivity (Wildman–Crippen MR) is 31.7 cm³/mol. The molecule has 1 heterocycles. The summed E-state index contributed by atoms with van der Waals surface area (Å²) in [5, 5.41) is 2.46. The number of amides is 1. The van der Waals surface area contributed by atoms with Crippen LogP contribution in [0.15, 0.2) is 0 Å². The molecule has 1 saturated heterocycles. The fourth-order valence-corrected chi connectivity index (χ4v) is 0.998. The highest BCUT2D eigenvalue weighted by Gasteiger charge is 2.32. The Kier molecular flexibility index (Phi) is 1.69. The summed E-state index contributed by atoms with van der Waals surface area (Å²) in [6.07, 6.45) is -0.519. The van der Waals surface area contributed by atoms with Crippen LogP contribution in [0.25, 0.3) is 0 Å². The Morgan fingerprint density at radius 3 is 2.78 bits per heavy atom. The second kappa shape index (κ2) is 2.33. The Labute approximate surface area is 53.4 Å². The van der Waals surface area contributed by atoms with Crippen LogP contribution >= 0.6 is 0 Å². The molecule has 9 heavy (non-hydrogen) atoms. The molecule has 0 bridgehead atoms. The quantitative estimate of drug-likeness (QED) is 0.551. The summed E-state index contributed by atoms with van der Waals surface area (Å²) in [6, 6.07) is 0. The van der Waals surface area contributed by atoms with Crippen LogP contribution in [0.5, 0.6) is 0 Å². The van der Waals surface area contributed by atoms with Crippen molar-refractivity contribution in [3.63, 3.8) is 0 Å². The van der Waals surface area contributed by atoms with Crippen molar-refractivity contribution in [3.8, 4) is 0 Å². The Balaban J connectivity index is 2.51. The van der Waals surface area contributed by atoms with E-state index in [0.29, 0.717) is 6.54 Å². The molecule has 1 rings (SSSR count). The highest BCUT2D eigenvalue weighted by Crippen LogP contribution is 2.16. The van der Waals surface area contributed by atoms with Gasteiger partial charge in [-0.15, -0.1) is 0 Å². The van der Waals surface area contributed by atoms with Crippen molar-refractivity contribution < 1.29 is 9.18 Å². The summed E-state index contributed by atoms with van der Waals surface area (Å²) in [6.45, 7) is 2.40. The molecule has 0 aromatic carbocycles. The van der Waals surface area contributed by atoms with Crippen molar-refractivity contribution in [2.75, 3.05) is 6.54 Å². The third kappa shape index (κ3) is 1.04. The van der Waals surface area contributed by atoms with Crippen LogP contribution in [0.2, 0.25) is 0 Å². The van der Waals surface area contributed by atoms with Gasteiger partial charge in [0.05, 0.1) is 0 Å². The molecule has 0 radical (unpaired) electrons. The largest absolute Gasteiger partial charge is 0.353 e. The molecule has 1 aliphatic heterocycles. The molecule has 0 spiro atoms. The molecule has 1 amide bonds. The lowest BCUT2D eigenvalue weighted by Gasteiger charge is -2.03. The van der Waals surface area contributed by atoms with Crippen molar-refractivity contribution in [3.05, 3.63) is 0 Å². The summed E-state index contributed by atoms with van der Waals surface area (Å²) < 4.78 is 12.6. The number of hydrogen-bond acceptors (Lipinski definition) is 1. The Hall–Kier alpha value is -0.600. The number of halogens is 1. The number of carbonyl (C=O) groups excluding carboxylic acids is 1. The molecule has 1 fully saturated rings. The van der Waals surface area contributed by atoms with E-state index in [4.69, 9.17) is 0 Å². The Morgan fingerprint density at radius 2 is 2.56 bits per heavy atom. The molecule has 0 aromatic heterocycles. The monoisotopic (exact) mass is 131 g/mol. The molecular weight excluding hydrogens is 121 g/mol. The second-order valence-corrected chi connectivity index (χ2v) is 2.32. The van der Waals surface area contributed by atoms with Gasteiger partial charge in [-0.1, -0.05) is 6.92 Å². The fourth-order valence-electron chi connectivity index (χ4n) is 0.998. The molecule has 0 aliphatic carbocycles. The summed E-state index contributed by atoms with van der Waals surface area (Å²) in [4.78, 5) is 10.5. The molecule has 2 nitrogen and oxygen atoms in total. The van der Waals surface area contributed by atoms with Gasteiger partial charge in [0.25, 0.3) is 5.91 Å².